The molecule has 0 amide bonds. The zero-order valence-electron chi connectivity index (χ0n) is 11.3. The molecule has 2 heterocycles. The van der Waals surface area contributed by atoms with E-state index in [4.69, 9.17) is 0 Å². The summed E-state index contributed by atoms with van der Waals surface area (Å²) in [6.07, 6.45) is 6.51. The average Bonchev–Trinajstić information content (AvgIpc) is 3.20. The third-order valence-corrected chi connectivity index (χ3v) is 3.82. The van der Waals surface area contributed by atoms with Gasteiger partial charge in [-0.15, -0.1) is 0 Å². The van der Waals surface area contributed by atoms with Crippen LogP contribution in [-0.2, 0) is 6.54 Å². The third-order valence-electron chi connectivity index (χ3n) is 3.82. The number of hydrogen-bond donors (Lipinski definition) is 1. The topological polar surface area (TPSA) is 29.3 Å². The fraction of sp³-hybridized carbons (Fsp3) is 0.235. The SMILES string of the molecule is c1cc(CNC2CC2)cc(-c2cccc3nccn23)c1. The second kappa shape index (κ2) is 4.76. The van der Waals surface area contributed by atoms with Gasteiger partial charge in [-0.25, -0.2) is 4.98 Å². The van der Waals surface area contributed by atoms with Crippen LogP contribution in [-0.4, -0.2) is 15.4 Å². The highest BCUT2D eigenvalue weighted by molar-refractivity contribution is 5.64. The van der Waals surface area contributed by atoms with E-state index in [0.717, 1.165) is 18.2 Å². The molecule has 1 fully saturated rings. The normalized spacial score (nSPS) is 14.8. The van der Waals surface area contributed by atoms with Crippen molar-refractivity contribution in [3.8, 4) is 11.3 Å². The lowest BCUT2D eigenvalue weighted by Gasteiger charge is -2.08. The van der Waals surface area contributed by atoms with Gasteiger partial charge in [0.1, 0.15) is 5.65 Å². The monoisotopic (exact) mass is 263 g/mol. The zero-order valence-corrected chi connectivity index (χ0v) is 11.3. The maximum atomic E-state index is 4.35. The lowest BCUT2D eigenvalue weighted by Crippen LogP contribution is -2.15. The van der Waals surface area contributed by atoms with E-state index in [1.807, 2.05) is 18.5 Å². The van der Waals surface area contributed by atoms with E-state index in [9.17, 15) is 0 Å². The van der Waals surface area contributed by atoms with Crippen LogP contribution in [0.1, 0.15) is 18.4 Å². The Hall–Kier alpha value is -2.13. The fourth-order valence-electron chi connectivity index (χ4n) is 2.57. The zero-order chi connectivity index (χ0) is 13.4. The molecule has 0 aliphatic heterocycles. The quantitative estimate of drug-likeness (QED) is 0.783. The number of nitrogens with zero attached hydrogens (tertiary/aromatic N) is 2. The second-order valence-electron chi connectivity index (χ2n) is 5.42. The summed E-state index contributed by atoms with van der Waals surface area (Å²) in [5.74, 6) is 0. The van der Waals surface area contributed by atoms with Crippen LogP contribution in [0.2, 0.25) is 0 Å². The minimum Gasteiger partial charge on any atom is -0.310 e. The molecule has 3 nitrogen and oxygen atoms in total. The van der Waals surface area contributed by atoms with E-state index in [1.54, 1.807) is 0 Å². The van der Waals surface area contributed by atoms with Gasteiger partial charge in [0.15, 0.2) is 0 Å². The lowest BCUT2D eigenvalue weighted by molar-refractivity contribution is 0.688. The van der Waals surface area contributed by atoms with Gasteiger partial charge in [-0.3, -0.25) is 4.40 Å². The summed E-state index contributed by atoms with van der Waals surface area (Å²) in [5.41, 5.74) is 4.76. The van der Waals surface area contributed by atoms with Crippen molar-refractivity contribution in [2.24, 2.45) is 0 Å². The molecule has 0 saturated heterocycles. The lowest BCUT2D eigenvalue weighted by atomic mass is 10.1. The summed E-state index contributed by atoms with van der Waals surface area (Å²) in [6.45, 7) is 0.957. The van der Waals surface area contributed by atoms with Crippen LogP contribution in [0.3, 0.4) is 0 Å². The Morgan fingerprint density at radius 3 is 2.95 bits per heavy atom. The first-order valence-electron chi connectivity index (χ1n) is 7.15. The molecule has 20 heavy (non-hydrogen) atoms. The summed E-state index contributed by atoms with van der Waals surface area (Å²) in [7, 11) is 0. The molecule has 0 bridgehead atoms. The number of hydrogen-bond acceptors (Lipinski definition) is 2. The van der Waals surface area contributed by atoms with E-state index in [-0.39, 0.29) is 0 Å². The molecule has 4 rings (SSSR count). The molecule has 1 aliphatic carbocycles. The van der Waals surface area contributed by atoms with Crippen LogP contribution in [0.25, 0.3) is 16.9 Å². The van der Waals surface area contributed by atoms with Crippen LogP contribution in [0.5, 0.6) is 0 Å². The summed E-state index contributed by atoms with van der Waals surface area (Å²) < 4.78 is 2.13. The Labute approximate surface area is 118 Å². The molecular weight excluding hydrogens is 246 g/mol. The maximum absolute atomic E-state index is 4.35. The third kappa shape index (κ3) is 2.21. The highest BCUT2D eigenvalue weighted by Crippen LogP contribution is 2.23. The van der Waals surface area contributed by atoms with E-state index in [0.29, 0.717) is 0 Å². The Morgan fingerprint density at radius 1 is 1.15 bits per heavy atom. The van der Waals surface area contributed by atoms with Gasteiger partial charge in [-0.2, -0.15) is 0 Å². The molecular formula is C17H17N3. The average molecular weight is 263 g/mol. The molecule has 0 atom stereocenters. The molecule has 0 radical (unpaired) electrons. The van der Waals surface area contributed by atoms with Gasteiger partial charge in [0, 0.05) is 25.0 Å². The van der Waals surface area contributed by atoms with Crippen LogP contribution < -0.4 is 5.32 Å². The van der Waals surface area contributed by atoms with Crippen LogP contribution >= 0.6 is 0 Å². The first-order valence-corrected chi connectivity index (χ1v) is 7.15. The summed E-state index contributed by atoms with van der Waals surface area (Å²) in [4.78, 5) is 4.35. The van der Waals surface area contributed by atoms with Crippen molar-refractivity contribution in [1.29, 1.82) is 0 Å². The highest BCUT2D eigenvalue weighted by Gasteiger charge is 2.19. The van der Waals surface area contributed by atoms with E-state index in [2.05, 4.69) is 51.1 Å². The van der Waals surface area contributed by atoms with Gasteiger partial charge in [0.05, 0.1) is 5.69 Å². The van der Waals surface area contributed by atoms with Gasteiger partial charge in [0.2, 0.25) is 0 Å². The highest BCUT2D eigenvalue weighted by atomic mass is 15.0. The summed E-state index contributed by atoms with van der Waals surface area (Å²) in [5, 5.41) is 3.56. The van der Waals surface area contributed by atoms with Crippen molar-refractivity contribution in [3.63, 3.8) is 0 Å². The Kier molecular flexibility index (Phi) is 2.78. The number of benzene rings is 1. The van der Waals surface area contributed by atoms with Gasteiger partial charge < -0.3 is 5.32 Å². The summed E-state index contributed by atoms with van der Waals surface area (Å²) >= 11 is 0. The van der Waals surface area contributed by atoms with Gasteiger partial charge in [-0.05, 0) is 42.2 Å². The van der Waals surface area contributed by atoms with E-state index >= 15 is 0 Å². The van der Waals surface area contributed by atoms with Crippen LogP contribution in [0.4, 0.5) is 0 Å². The Morgan fingerprint density at radius 2 is 2.05 bits per heavy atom. The maximum Gasteiger partial charge on any atom is 0.137 e. The Bertz CT molecular complexity index is 741. The van der Waals surface area contributed by atoms with Crippen LogP contribution in [0.15, 0.2) is 54.9 Å². The number of pyridine rings is 1. The van der Waals surface area contributed by atoms with E-state index in [1.165, 1.54) is 29.7 Å². The van der Waals surface area contributed by atoms with Crippen molar-refractivity contribution >= 4 is 5.65 Å². The molecule has 0 unspecified atom stereocenters. The van der Waals surface area contributed by atoms with Gasteiger partial charge >= 0.3 is 0 Å². The molecule has 1 saturated carbocycles. The predicted octanol–water partition coefficient (Wildman–Crippen LogP) is 3.25. The number of fused-ring (bicyclic) bond motifs is 1. The Balaban J connectivity index is 1.70. The van der Waals surface area contributed by atoms with Gasteiger partial charge in [0.25, 0.3) is 0 Å². The smallest absolute Gasteiger partial charge is 0.137 e. The van der Waals surface area contributed by atoms with Crippen molar-refractivity contribution in [2.45, 2.75) is 25.4 Å². The molecule has 3 heteroatoms. The largest absolute Gasteiger partial charge is 0.310 e. The number of imidazole rings is 1. The van der Waals surface area contributed by atoms with E-state index < -0.39 is 0 Å². The standard InChI is InChI=1S/C17H17N3/c1-3-13(12-19-15-7-8-15)11-14(4-1)16-5-2-6-17-18-9-10-20(16)17/h1-6,9-11,15,19H,7-8,12H2. The number of rotatable bonds is 4. The van der Waals surface area contributed by atoms with Crippen molar-refractivity contribution in [1.82, 2.24) is 14.7 Å². The molecule has 2 aromatic heterocycles. The minimum atomic E-state index is 0.746. The number of nitrogens with one attached hydrogen (secondary N) is 1. The summed E-state index contributed by atoms with van der Waals surface area (Å²) in [6, 6.07) is 15.7. The molecule has 1 N–H and O–H groups in total. The molecule has 1 aromatic carbocycles. The van der Waals surface area contributed by atoms with Gasteiger partial charge in [-0.1, -0.05) is 24.3 Å². The molecule has 1 aliphatic rings. The van der Waals surface area contributed by atoms with Crippen molar-refractivity contribution in [2.75, 3.05) is 0 Å². The predicted molar refractivity (Wildman–Crippen MR) is 80.5 cm³/mol. The number of aromatic nitrogens is 2. The first kappa shape index (κ1) is 11.7. The van der Waals surface area contributed by atoms with Crippen molar-refractivity contribution in [3.05, 3.63) is 60.4 Å². The fourth-order valence-corrected chi connectivity index (χ4v) is 2.57. The first-order chi connectivity index (χ1) is 9.90. The molecule has 100 valence electrons. The minimum absolute atomic E-state index is 0.746. The molecule has 0 spiro atoms. The van der Waals surface area contributed by atoms with Crippen LogP contribution in [0, 0.1) is 0 Å². The second-order valence-corrected chi connectivity index (χ2v) is 5.42. The van der Waals surface area contributed by atoms with Crippen molar-refractivity contribution < 1.29 is 0 Å². The molecule has 3 aromatic rings.